The van der Waals surface area contributed by atoms with Gasteiger partial charge in [0, 0.05) is 21.2 Å². The van der Waals surface area contributed by atoms with Crippen molar-refractivity contribution in [3.63, 3.8) is 0 Å². The second-order valence-electron chi connectivity index (χ2n) is 2.69. The largest absolute Gasteiger partial charge is 0.496 e. The van der Waals surface area contributed by atoms with Crippen molar-refractivity contribution < 1.29 is 13.2 Å². The van der Waals surface area contributed by atoms with Gasteiger partial charge in [-0.1, -0.05) is 0 Å². The topological polar surface area (TPSA) is 43.4 Å². The van der Waals surface area contributed by atoms with Gasteiger partial charge in [-0.2, -0.15) is 0 Å². The Balaban J connectivity index is 3.47. The van der Waals surface area contributed by atoms with Gasteiger partial charge in [-0.05, 0) is 34.5 Å². The highest BCUT2D eigenvalue weighted by Crippen LogP contribution is 2.31. The fraction of sp³-hybridized carbons (Fsp3) is 0.250. The number of methoxy groups -OCH3 is 1. The van der Waals surface area contributed by atoms with Gasteiger partial charge in [0.2, 0.25) is 0 Å². The average Bonchev–Trinajstić information content (AvgIpc) is 2.02. The van der Waals surface area contributed by atoms with Gasteiger partial charge in [0.25, 0.3) is 9.05 Å². The molecule has 1 aromatic carbocycles. The van der Waals surface area contributed by atoms with E-state index in [0.717, 1.165) is 5.56 Å². The molecule has 0 heterocycles. The first-order chi connectivity index (χ1) is 6.36. The summed E-state index contributed by atoms with van der Waals surface area (Å²) in [7, 11) is 2.97. The van der Waals surface area contributed by atoms with E-state index < -0.39 is 9.05 Å². The summed E-state index contributed by atoms with van der Waals surface area (Å²) in [4.78, 5) is 0.0154. The summed E-state index contributed by atoms with van der Waals surface area (Å²) in [6.07, 6.45) is 0. The van der Waals surface area contributed by atoms with Gasteiger partial charge in [0.1, 0.15) is 10.6 Å². The van der Waals surface area contributed by atoms with Crippen molar-refractivity contribution in [3.8, 4) is 5.75 Å². The molecular weight excluding hydrogens is 292 g/mol. The molecule has 78 valence electrons. The maximum absolute atomic E-state index is 11.1. The lowest BCUT2D eigenvalue weighted by Crippen LogP contribution is -1.95. The summed E-state index contributed by atoms with van der Waals surface area (Å²) < 4.78 is 27.7. The Morgan fingerprint density at radius 1 is 1.43 bits per heavy atom. The fourth-order valence-corrected chi connectivity index (χ4v) is 3.34. The van der Waals surface area contributed by atoms with Crippen LogP contribution >= 0.6 is 26.6 Å². The Kier molecular flexibility index (Phi) is 3.44. The Morgan fingerprint density at radius 3 is 2.43 bits per heavy atom. The third-order valence-corrected chi connectivity index (χ3v) is 3.99. The summed E-state index contributed by atoms with van der Waals surface area (Å²) in [6, 6.07) is 3.04. The normalized spacial score (nSPS) is 11.4. The maximum Gasteiger partial charge on any atom is 0.262 e. The molecule has 1 rings (SSSR count). The van der Waals surface area contributed by atoms with Crippen molar-refractivity contribution in [2.45, 2.75) is 11.8 Å². The highest BCUT2D eigenvalue weighted by Gasteiger charge is 2.16. The van der Waals surface area contributed by atoms with Gasteiger partial charge in [0.05, 0.1) is 7.11 Å². The molecule has 0 aromatic heterocycles. The Bertz CT molecular complexity index is 456. The molecule has 0 aliphatic heterocycles. The highest BCUT2D eigenvalue weighted by atomic mass is 79.9. The maximum atomic E-state index is 11.1. The molecule has 0 N–H and O–H groups in total. The highest BCUT2D eigenvalue weighted by molar-refractivity contribution is 9.10. The molecule has 0 saturated carbocycles. The number of hydrogen-bond donors (Lipinski definition) is 0. The van der Waals surface area contributed by atoms with Gasteiger partial charge in [0.15, 0.2) is 0 Å². The number of ether oxygens (including phenoxy) is 1. The molecule has 0 amide bonds. The van der Waals surface area contributed by atoms with Gasteiger partial charge >= 0.3 is 0 Å². The zero-order valence-electron chi connectivity index (χ0n) is 7.54. The van der Waals surface area contributed by atoms with Crippen LogP contribution in [0.2, 0.25) is 0 Å². The van der Waals surface area contributed by atoms with E-state index in [4.69, 9.17) is 15.4 Å². The second-order valence-corrected chi connectivity index (χ2v) is 6.08. The van der Waals surface area contributed by atoms with Crippen LogP contribution < -0.4 is 4.74 Å². The third-order valence-electron chi connectivity index (χ3n) is 1.71. The molecule has 0 aliphatic rings. The number of rotatable bonds is 2. The Hall–Kier alpha value is -0.260. The van der Waals surface area contributed by atoms with E-state index >= 15 is 0 Å². The van der Waals surface area contributed by atoms with E-state index in [-0.39, 0.29) is 4.90 Å². The van der Waals surface area contributed by atoms with Gasteiger partial charge in [-0.15, -0.1) is 0 Å². The smallest absolute Gasteiger partial charge is 0.262 e. The zero-order chi connectivity index (χ0) is 10.9. The predicted octanol–water partition coefficient (Wildman–Crippen LogP) is 2.69. The lowest BCUT2D eigenvalue weighted by Gasteiger charge is -2.07. The van der Waals surface area contributed by atoms with Crippen LogP contribution in [0, 0.1) is 6.92 Å². The van der Waals surface area contributed by atoms with E-state index in [1.165, 1.54) is 13.2 Å². The molecule has 0 radical (unpaired) electrons. The molecule has 1 aromatic rings. The zero-order valence-corrected chi connectivity index (χ0v) is 10.7. The summed E-state index contributed by atoms with van der Waals surface area (Å²) in [5.74, 6) is 0.493. The Morgan fingerprint density at radius 2 is 2.00 bits per heavy atom. The summed E-state index contributed by atoms with van der Waals surface area (Å²) in [5, 5.41) is 0. The van der Waals surface area contributed by atoms with Crippen LogP contribution in [0.5, 0.6) is 5.75 Å². The Labute approximate surface area is 95.6 Å². The molecule has 0 unspecified atom stereocenters. The minimum absolute atomic E-state index is 0.0154. The van der Waals surface area contributed by atoms with Crippen LogP contribution in [0.25, 0.3) is 0 Å². The SMILES string of the molecule is COc1cc(S(=O)(=O)Cl)c(Br)cc1C. The van der Waals surface area contributed by atoms with Crippen molar-refractivity contribution in [2.75, 3.05) is 7.11 Å². The third kappa shape index (κ3) is 2.40. The summed E-state index contributed by atoms with van der Waals surface area (Å²) in [5.41, 5.74) is 0.837. The number of halogens is 2. The standard InChI is InChI=1S/C8H8BrClO3S/c1-5-3-6(9)8(14(10,11)12)4-7(5)13-2/h3-4H,1-2H3. The molecular formula is C8H8BrClO3S. The first-order valence-electron chi connectivity index (χ1n) is 3.65. The molecule has 0 fully saturated rings. The first kappa shape index (κ1) is 11.8. The molecule has 0 bridgehead atoms. The first-order valence-corrected chi connectivity index (χ1v) is 6.75. The molecule has 3 nitrogen and oxygen atoms in total. The molecule has 0 spiro atoms. The summed E-state index contributed by atoms with van der Waals surface area (Å²) in [6.45, 7) is 1.81. The van der Waals surface area contributed by atoms with Crippen molar-refractivity contribution in [1.82, 2.24) is 0 Å². The minimum Gasteiger partial charge on any atom is -0.496 e. The predicted molar refractivity (Wildman–Crippen MR) is 58.5 cm³/mol. The van der Waals surface area contributed by atoms with Crippen LogP contribution in [0.15, 0.2) is 21.5 Å². The number of aryl methyl sites for hydroxylation is 1. The lowest BCUT2D eigenvalue weighted by molar-refractivity contribution is 0.410. The van der Waals surface area contributed by atoms with Crippen LogP contribution in [0.1, 0.15) is 5.56 Å². The van der Waals surface area contributed by atoms with Gasteiger partial charge in [-0.25, -0.2) is 8.42 Å². The molecule has 6 heteroatoms. The molecule has 14 heavy (non-hydrogen) atoms. The average molecular weight is 300 g/mol. The van der Waals surface area contributed by atoms with Crippen molar-refractivity contribution in [2.24, 2.45) is 0 Å². The van der Waals surface area contributed by atoms with Crippen molar-refractivity contribution in [1.29, 1.82) is 0 Å². The molecule has 0 saturated heterocycles. The molecule has 0 aliphatic carbocycles. The van der Waals surface area contributed by atoms with E-state index in [1.54, 1.807) is 6.07 Å². The van der Waals surface area contributed by atoms with Crippen molar-refractivity contribution in [3.05, 3.63) is 22.2 Å². The van der Waals surface area contributed by atoms with Crippen LogP contribution in [0.3, 0.4) is 0 Å². The lowest BCUT2D eigenvalue weighted by atomic mass is 10.2. The van der Waals surface area contributed by atoms with E-state index in [2.05, 4.69) is 15.9 Å². The fourth-order valence-electron chi connectivity index (χ4n) is 1.04. The number of hydrogen-bond acceptors (Lipinski definition) is 3. The number of benzene rings is 1. The summed E-state index contributed by atoms with van der Waals surface area (Å²) >= 11 is 3.13. The quantitative estimate of drug-likeness (QED) is 0.789. The van der Waals surface area contributed by atoms with Gasteiger partial charge < -0.3 is 4.74 Å². The van der Waals surface area contributed by atoms with Crippen molar-refractivity contribution >= 4 is 35.7 Å². The van der Waals surface area contributed by atoms with Crippen LogP contribution in [-0.2, 0) is 9.05 Å². The van der Waals surface area contributed by atoms with Gasteiger partial charge in [-0.3, -0.25) is 0 Å². The van der Waals surface area contributed by atoms with Crippen LogP contribution in [-0.4, -0.2) is 15.5 Å². The second kappa shape index (κ2) is 4.08. The van der Waals surface area contributed by atoms with Crippen LogP contribution in [0.4, 0.5) is 0 Å². The van der Waals surface area contributed by atoms with E-state index in [0.29, 0.717) is 10.2 Å². The minimum atomic E-state index is -3.74. The van der Waals surface area contributed by atoms with E-state index in [9.17, 15) is 8.42 Å². The molecule has 0 atom stereocenters. The van der Waals surface area contributed by atoms with E-state index in [1.807, 2.05) is 6.92 Å². The monoisotopic (exact) mass is 298 g/mol.